The maximum atomic E-state index is 7.07. The van der Waals surface area contributed by atoms with Crippen LogP contribution in [0.2, 0.25) is 0 Å². The minimum atomic E-state index is -0.808. The Morgan fingerprint density at radius 3 is 2.45 bits per heavy atom. The predicted octanol–water partition coefficient (Wildman–Crippen LogP) is 4.14. The van der Waals surface area contributed by atoms with E-state index in [1.165, 1.54) is 0 Å². The predicted molar refractivity (Wildman–Crippen MR) is 90.8 cm³/mol. The molecule has 4 nitrogen and oxygen atoms in total. The zero-order chi connectivity index (χ0) is 16.0. The first kappa shape index (κ1) is 15.1. The molecule has 114 valence electrons. The molecule has 1 heterocycles. The normalized spacial score (nSPS) is 24.2. The van der Waals surface area contributed by atoms with Gasteiger partial charge in [0.15, 0.2) is 0 Å². The van der Waals surface area contributed by atoms with Crippen molar-refractivity contribution >= 4 is 22.9 Å². The fraction of sp³-hybridized carbons (Fsp3) is 0.353. The van der Waals surface area contributed by atoms with Gasteiger partial charge in [-0.25, -0.2) is 0 Å². The van der Waals surface area contributed by atoms with E-state index in [9.17, 15) is 0 Å². The molecule has 0 saturated carbocycles. The number of nitrogens with zero attached hydrogens (tertiary/aromatic N) is 3. The summed E-state index contributed by atoms with van der Waals surface area (Å²) in [6.45, 7) is 6.67. The highest BCUT2D eigenvalue weighted by atomic mass is 35.5. The van der Waals surface area contributed by atoms with Crippen LogP contribution in [-0.2, 0) is 0 Å². The smallest absolute Gasteiger partial charge is 0.121 e. The summed E-state index contributed by atoms with van der Waals surface area (Å²) in [5.41, 5.74) is 10.4. The van der Waals surface area contributed by atoms with Gasteiger partial charge in [-0.15, -0.1) is 21.8 Å². The lowest BCUT2D eigenvalue weighted by Crippen LogP contribution is -2.43. The summed E-state index contributed by atoms with van der Waals surface area (Å²) in [6.07, 6.45) is 1.99. The van der Waals surface area contributed by atoms with E-state index in [0.29, 0.717) is 0 Å². The number of halogens is 1. The molecule has 0 saturated heterocycles. The first-order valence-corrected chi connectivity index (χ1v) is 7.66. The van der Waals surface area contributed by atoms with Gasteiger partial charge in [0.1, 0.15) is 16.3 Å². The molecule has 0 radical (unpaired) electrons. The van der Waals surface area contributed by atoms with Crippen LogP contribution in [0.1, 0.15) is 26.3 Å². The average molecular weight is 315 g/mol. The van der Waals surface area contributed by atoms with Crippen molar-refractivity contribution in [3.8, 4) is 0 Å². The number of hydrogen-bond acceptors (Lipinski definition) is 4. The molecule has 0 aromatic heterocycles. The van der Waals surface area contributed by atoms with E-state index in [0.717, 1.165) is 28.1 Å². The van der Waals surface area contributed by atoms with Crippen LogP contribution in [-0.4, -0.2) is 17.1 Å². The van der Waals surface area contributed by atoms with Gasteiger partial charge >= 0.3 is 0 Å². The number of hydrogen-bond donors (Lipinski definition) is 1. The van der Waals surface area contributed by atoms with E-state index in [1.807, 2.05) is 36.4 Å². The third-order valence-corrected chi connectivity index (χ3v) is 4.58. The van der Waals surface area contributed by atoms with Crippen molar-refractivity contribution in [2.75, 3.05) is 6.54 Å². The lowest BCUT2D eigenvalue weighted by molar-refractivity contribution is 0.467. The Bertz CT molecular complexity index is 723. The number of alkyl halides is 1. The molecule has 1 atom stereocenters. The Labute approximate surface area is 135 Å². The van der Waals surface area contributed by atoms with Crippen LogP contribution in [0.4, 0.5) is 0 Å². The molecule has 0 bridgehead atoms. The zero-order valence-electron chi connectivity index (χ0n) is 13.0. The summed E-state index contributed by atoms with van der Waals surface area (Å²) in [6, 6.07) is 9.98. The van der Waals surface area contributed by atoms with E-state index < -0.39 is 4.87 Å². The highest BCUT2D eigenvalue weighted by Gasteiger charge is 2.46. The van der Waals surface area contributed by atoms with Crippen molar-refractivity contribution < 1.29 is 0 Å². The summed E-state index contributed by atoms with van der Waals surface area (Å²) in [7, 11) is 0. The number of benzene rings is 1. The molecule has 1 aliphatic carbocycles. The van der Waals surface area contributed by atoms with E-state index in [4.69, 9.17) is 17.3 Å². The molecule has 1 aromatic rings. The van der Waals surface area contributed by atoms with E-state index in [2.05, 4.69) is 36.2 Å². The van der Waals surface area contributed by atoms with Crippen LogP contribution >= 0.6 is 11.6 Å². The second-order valence-corrected chi connectivity index (χ2v) is 7.22. The summed E-state index contributed by atoms with van der Waals surface area (Å²) >= 11 is 7.07. The molecule has 0 spiro atoms. The van der Waals surface area contributed by atoms with Gasteiger partial charge in [0, 0.05) is 12.1 Å². The van der Waals surface area contributed by atoms with Gasteiger partial charge in [0.25, 0.3) is 0 Å². The van der Waals surface area contributed by atoms with Gasteiger partial charge in [0.05, 0.1) is 0 Å². The SMILES string of the molecule is CC(C)(C)C1=CC2=NN=NC2=C(c2ccccc2)C1(Cl)CN. The molecular weight excluding hydrogens is 296 g/mol. The topological polar surface area (TPSA) is 63.1 Å². The lowest BCUT2D eigenvalue weighted by Gasteiger charge is -2.41. The van der Waals surface area contributed by atoms with Crippen LogP contribution in [0, 0.1) is 5.41 Å². The van der Waals surface area contributed by atoms with Crippen molar-refractivity contribution in [2.45, 2.75) is 25.6 Å². The minimum absolute atomic E-state index is 0.141. The molecule has 1 aliphatic heterocycles. The van der Waals surface area contributed by atoms with E-state index in [1.54, 1.807) is 0 Å². The number of rotatable bonds is 2. The third-order valence-electron chi connectivity index (χ3n) is 4.03. The lowest BCUT2D eigenvalue weighted by atomic mass is 9.70. The molecule has 1 aromatic carbocycles. The minimum Gasteiger partial charge on any atom is -0.328 e. The van der Waals surface area contributed by atoms with Crippen molar-refractivity contribution in [2.24, 2.45) is 26.6 Å². The summed E-state index contributed by atoms with van der Waals surface area (Å²) in [4.78, 5) is -0.808. The number of fused-ring (bicyclic) bond motifs is 1. The van der Waals surface area contributed by atoms with Crippen LogP contribution in [0.5, 0.6) is 0 Å². The van der Waals surface area contributed by atoms with E-state index >= 15 is 0 Å². The molecule has 2 N–H and O–H groups in total. The van der Waals surface area contributed by atoms with Crippen LogP contribution in [0.25, 0.3) is 5.57 Å². The molecule has 3 rings (SSSR count). The molecule has 5 heteroatoms. The van der Waals surface area contributed by atoms with Gasteiger partial charge in [-0.1, -0.05) is 51.1 Å². The third kappa shape index (κ3) is 2.23. The van der Waals surface area contributed by atoms with Crippen LogP contribution in [0.3, 0.4) is 0 Å². The standard InChI is InChI=1S/C17H19ClN4/c1-16(2,3)13-9-12-15(21-22-20-12)14(17(13,18)10-19)11-7-5-4-6-8-11/h4-9H,10,19H2,1-3H3. The Morgan fingerprint density at radius 2 is 1.86 bits per heavy atom. The summed E-state index contributed by atoms with van der Waals surface area (Å²) in [5.74, 6) is 0. The summed E-state index contributed by atoms with van der Waals surface area (Å²) < 4.78 is 0. The second kappa shape index (κ2) is 5.14. The molecule has 2 aliphatic rings. The number of allylic oxidation sites excluding steroid dienone is 1. The average Bonchev–Trinajstić information content (AvgIpc) is 2.94. The largest absolute Gasteiger partial charge is 0.328 e. The molecule has 1 unspecified atom stereocenters. The Balaban J connectivity index is 2.29. The molecular formula is C17H19ClN4. The first-order valence-electron chi connectivity index (χ1n) is 7.29. The second-order valence-electron chi connectivity index (χ2n) is 6.58. The fourth-order valence-electron chi connectivity index (χ4n) is 3.06. The van der Waals surface area contributed by atoms with Crippen molar-refractivity contribution in [3.63, 3.8) is 0 Å². The highest BCUT2D eigenvalue weighted by molar-refractivity contribution is 6.36. The van der Waals surface area contributed by atoms with Crippen molar-refractivity contribution in [1.29, 1.82) is 0 Å². The van der Waals surface area contributed by atoms with Gasteiger partial charge in [-0.05, 0) is 27.9 Å². The molecule has 0 fully saturated rings. The van der Waals surface area contributed by atoms with E-state index in [-0.39, 0.29) is 12.0 Å². The van der Waals surface area contributed by atoms with Gasteiger partial charge < -0.3 is 5.73 Å². The van der Waals surface area contributed by atoms with Gasteiger partial charge in [-0.2, -0.15) is 0 Å². The van der Waals surface area contributed by atoms with Crippen LogP contribution < -0.4 is 5.73 Å². The van der Waals surface area contributed by atoms with Crippen molar-refractivity contribution in [1.82, 2.24) is 0 Å². The summed E-state index contributed by atoms with van der Waals surface area (Å²) in [5, 5.41) is 12.2. The maximum absolute atomic E-state index is 7.07. The van der Waals surface area contributed by atoms with Crippen molar-refractivity contribution in [3.05, 3.63) is 53.2 Å². The zero-order valence-corrected chi connectivity index (χ0v) is 13.7. The van der Waals surface area contributed by atoms with Gasteiger partial charge in [-0.3, -0.25) is 0 Å². The Morgan fingerprint density at radius 1 is 1.18 bits per heavy atom. The first-order chi connectivity index (χ1) is 10.4. The quantitative estimate of drug-likeness (QED) is 0.819. The Kier molecular flexibility index (Phi) is 3.54. The monoisotopic (exact) mass is 314 g/mol. The highest BCUT2D eigenvalue weighted by Crippen LogP contribution is 2.50. The fourth-order valence-corrected chi connectivity index (χ4v) is 3.59. The van der Waals surface area contributed by atoms with Gasteiger partial charge in [0.2, 0.25) is 0 Å². The van der Waals surface area contributed by atoms with Crippen LogP contribution in [0.15, 0.2) is 63.1 Å². The maximum Gasteiger partial charge on any atom is 0.121 e. The Hall–Kier alpha value is -1.78. The molecule has 22 heavy (non-hydrogen) atoms. The molecule has 0 amide bonds. The number of nitrogens with two attached hydrogens (primary N) is 1.